The molecule has 1 aromatic heterocycles. The van der Waals surface area contributed by atoms with Gasteiger partial charge in [0.15, 0.2) is 11.5 Å². The second-order valence-corrected chi connectivity index (χ2v) is 4.97. The molecule has 4 heteroatoms. The van der Waals surface area contributed by atoms with Gasteiger partial charge in [-0.15, -0.1) is 0 Å². The lowest BCUT2D eigenvalue weighted by Gasteiger charge is -2.08. The molecule has 2 rings (SSSR count). The molecule has 3 nitrogen and oxygen atoms in total. The second-order valence-electron chi connectivity index (χ2n) is 4.97. The first kappa shape index (κ1) is 13.0. The molecule has 0 amide bonds. The summed E-state index contributed by atoms with van der Waals surface area (Å²) < 4.78 is 18.7. The minimum Gasteiger partial charge on any atom is -0.440 e. The van der Waals surface area contributed by atoms with Gasteiger partial charge in [0.1, 0.15) is 11.3 Å². The summed E-state index contributed by atoms with van der Waals surface area (Å²) in [6.45, 7) is 4.08. The summed E-state index contributed by atoms with van der Waals surface area (Å²) >= 11 is 0. The fourth-order valence-corrected chi connectivity index (χ4v) is 2.00. The zero-order chi connectivity index (χ0) is 13.1. The van der Waals surface area contributed by atoms with Crippen LogP contribution in [0.1, 0.15) is 44.9 Å². The van der Waals surface area contributed by atoms with Crippen LogP contribution in [0.3, 0.4) is 0 Å². The van der Waals surface area contributed by atoms with E-state index in [9.17, 15) is 4.39 Å². The first-order chi connectivity index (χ1) is 8.56. The Morgan fingerprint density at radius 2 is 2.11 bits per heavy atom. The first-order valence-corrected chi connectivity index (χ1v) is 6.38. The van der Waals surface area contributed by atoms with Gasteiger partial charge >= 0.3 is 0 Å². The number of halogens is 1. The summed E-state index contributed by atoms with van der Waals surface area (Å²) in [5.74, 6) is 0.631. The van der Waals surface area contributed by atoms with Crippen molar-refractivity contribution in [2.75, 3.05) is 0 Å². The van der Waals surface area contributed by atoms with Gasteiger partial charge in [-0.3, -0.25) is 0 Å². The van der Waals surface area contributed by atoms with Crippen LogP contribution in [0.5, 0.6) is 0 Å². The molecule has 0 fully saturated rings. The standard InChI is InChI=1S/C14H19FN2O/c1-9(4-3-5-10(2)16)14-17-12-8-11(15)6-7-13(12)18-14/h6-10H,3-5,16H2,1-2H3. The van der Waals surface area contributed by atoms with Crippen LogP contribution in [-0.2, 0) is 0 Å². The number of nitrogens with two attached hydrogens (primary N) is 1. The van der Waals surface area contributed by atoms with Crippen molar-refractivity contribution in [3.05, 3.63) is 29.9 Å². The molecule has 98 valence electrons. The Morgan fingerprint density at radius 1 is 1.33 bits per heavy atom. The van der Waals surface area contributed by atoms with Crippen LogP contribution in [0, 0.1) is 5.82 Å². The van der Waals surface area contributed by atoms with Crippen molar-refractivity contribution in [1.82, 2.24) is 4.98 Å². The largest absolute Gasteiger partial charge is 0.440 e. The maximum atomic E-state index is 13.0. The van der Waals surface area contributed by atoms with Crippen LogP contribution in [0.4, 0.5) is 4.39 Å². The van der Waals surface area contributed by atoms with Gasteiger partial charge in [-0.25, -0.2) is 9.37 Å². The highest BCUT2D eigenvalue weighted by Crippen LogP contribution is 2.25. The first-order valence-electron chi connectivity index (χ1n) is 6.38. The predicted molar refractivity (Wildman–Crippen MR) is 69.9 cm³/mol. The highest BCUT2D eigenvalue weighted by molar-refractivity contribution is 5.72. The maximum Gasteiger partial charge on any atom is 0.198 e. The van der Waals surface area contributed by atoms with Crippen LogP contribution in [0.25, 0.3) is 11.1 Å². The van der Waals surface area contributed by atoms with Gasteiger partial charge in [0.2, 0.25) is 0 Å². The van der Waals surface area contributed by atoms with Crippen molar-refractivity contribution in [1.29, 1.82) is 0 Å². The number of rotatable bonds is 5. The van der Waals surface area contributed by atoms with Crippen molar-refractivity contribution in [2.24, 2.45) is 5.73 Å². The molecular formula is C14H19FN2O. The van der Waals surface area contributed by atoms with Gasteiger partial charge < -0.3 is 10.2 Å². The van der Waals surface area contributed by atoms with E-state index in [-0.39, 0.29) is 17.8 Å². The van der Waals surface area contributed by atoms with Crippen LogP contribution in [-0.4, -0.2) is 11.0 Å². The Labute approximate surface area is 106 Å². The second kappa shape index (κ2) is 5.48. The summed E-state index contributed by atoms with van der Waals surface area (Å²) in [7, 11) is 0. The van der Waals surface area contributed by atoms with E-state index in [0.717, 1.165) is 19.3 Å². The molecule has 1 aromatic carbocycles. The lowest BCUT2D eigenvalue weighted by molar-refractivity contribution is 0.452. The molecule has 0 spiro atoms. The van der Waals surface area contributed by atoms with E-state index in [2.05, 4.69) is 11.9 Å². The van der Waals surface area contributed by atoms with E-state index in [0.29, 0.717) is 17.0 Å². The topological polar surface area (TPSA) is 52.0 Å². The number of benzene rings is 1. The van der Waals surface area contributed by atoms with Gasteiger partial charge in [-0.1, -0.05) is 13.3 Å². The Hall–Kier alpha value is -1.42. The van der Waals surface area contributed by atoms with E-state index in [1.54, 1.807) is 6.07 Å². The fraction of sp³-hybridized carbons (Fsp3) is 0.500. The average Bonchev–Trinajstić information content (AvgIpc) is 2.71. The van der Waals surface area contributed by atoms with E-state index in [1.165, 1.54) is 12.1 Å². The lowest BCUT2D eigenvalue weighted by Crippen LogP contribution is -2.14. The lowest BCUT2D eigenvalue weighted by atomic mass is 10.0. The maximum absolute atomic E-state index is 13.0. The summed E-state index contributed by atoms with van der Waals surface area (Å²) in [5.41, 5.74) is 6.95. The molecule has 2 aromatic rings. The van der Waals surface area contributed by atoms with Crippen molar-refractivity contribution in [2.45, 2.75) is 45.1 Å². The zero-order valence-corrected chi connectivity index (χ0v) is 10.8. The molecule has 0 bridgehead atoms. The van der Waals surface area contributed by atoms with E-state index in [4.69, 9.17) is 10.2 Å². The highest BCUT2D eigenvalue weighted by atomic mass is 19.1. The van der Waals surface area contributed by atoms with E-state index >= 15 is 0 Å². The fourth-order valence-electron chi connectivity index (χ4n) is 2.00. The smallest absolute Gasteiger partial charge is 0.198 e. The molecule has 0 aliphatic carbocycles. The minimum absolute atomic E-state index is 0.231. The van der Waals surface area contributed by atoms with Crippen molar-refractivity contribution < 1.29 is 8.81 Å². The normalized spacial score (nSPS) is 14.9. The van der Waals surface area contributed by atoms with Gasteiger partial charge in [0, 0.05) is 18.0 Å². The number of hydrogen-bond donors (Lipinski definition) is 1. The Morgan fingerprint density at radius 3 is 2.83 bits per heavy atom. The Kier molecular flexibility index (Phi) is 3.97. The number of fused-ring (bicyclic) bond motifs is 1. The Balaban J connectivity index is 2.06. The van der Waals surface area contributed by atoms with Crippen LogP contribution < -0.4 is 5.73 Å². The van der Waals surface area contributed by atoms with Crippen LogP contribution in [0.2, 0.25) is 0 Å². The molecule has 0 saturated carbocycles. The molecule has 2 unspecified atom stereocenters. The summed E-state index contributed by atoms with van der Waals surface area (Å²) in [6.07, 6.45) is 3.03. The predicted octanol–water partition coefficient (Wildman–Crippen LogP) is 3.59. The minimum atomic E-state index is -0.285. The van der Waals surface area contributed by atoms with Crippen molar-refractivity contribution in [3.8, 4) is 0 Å². The number of oxazole rings is 1. The average molecular weight is 250 g/mol. The zero-order valence-electron chi connectivity index (χ0n) is 10.8. The van der Waals surface area contributed by atoms with Crippen molar-refractivity contribution >= 4 is 11.1 Å². The molecule has 1 heterocycles. The molecule has 18 heavy (non-hydrogen) atoms. The third kappa shape index (κ3) is 3.07. The summed E-state index contributed by atoms with van der Waals surface area (Å²) in [6, 6.07) is 4.64. The number of nitrogens with zero attached hydrogens (tertiary/aromatic N) is 1. The van der Waals surface area contributed by atoms with Crippen LogP contribution >= 0.6 is 0 Å². The molecule has 2 N–H and O–H groups in total. The van der Waals surface area contributed by atoms with E-state index < -0.39 is 0 Å². The molecule has 0 aliphatic rings. The third-order valence-corrected chi connectivity index (χ3v) is 3.08. The highest BCUT2D eigenvalue weighted by Gasteiger charge is 2.13. The third-order valence-electron chi connectivity index (χ3n) is 3.08. The summed E-state index contributed by atoms with van der Waals surface area (Å²) in [5, 5.41) is 0. The van der Waals surface area contributed by atoms with Gasteiger partial charge in [-0.05, 0) is 31.9 Å². The van der Waals surface area contributed by atoms with Gasteiger partial charge in [0.25, 0.3) is 0 Å². The van der Waals surface area contributed by atoms with Gasteiger partial charge in [-0.2, -0.15) is 0 Å². The quantitative estimate of drug-likeness (QED) is 0.882. The summed E-state index contributed by atoms with van der Waals surface area (Å²) in [4.78, 5) is 4.33. The molecular weight excluding hydrogens is 231 g/mol. The van der Waals surface area contributed by atoms with Crippen LogP contribution in [0.15, 0.2) is 22.6 Å². The molecule has 0 radical (unpaired) electrons. The molecule has 0 aliphatic heterocycles. The monoisotopic (exact) mass is 250 g/mol. The SMILES string of the molecule is CC(N)CCCC(C)c1nc2cc(F)ccc2o1. The van der Waals surface area contributed by atoms with Crippen molar-refractivity contribution in [3.63, 3.8) is 0 Å². The Bertz CT molecular complexity index is 521. The molecule has 0 saturated heterocycles. The molecule has 2 atom stereocenters. The van der Waals surface area contributed by atoms with Gasteiger partial charge in [0.05, 0.1) is 0 Å². The van der Waals surface area contributed by atoms with E-state index in [1.807, 2.05) is 6.92 Å². The number of aromatic nitrogens is 1. The number of hydrogen-bond acceptors (Lipinski definition) is 3.